The number of carbonyl (C=O) groups excluding carboxylic acids is 1. The quantitative estimate of drug-likeness (QED) is 0.0966. The zero-order valence-corrected chi connectivity index (χ0v) is 26.5. The molecule has 0 aliphatic rings. The zero-order chi connectivity index (χ0) is 32.3. The molecule has 46 heavy (non-hydrogen) atoms. The number of anilines is 2. The molecule has 0 radical (unpaired) electrons. The van der Waals surface area contributed by atoms with E-state index in [1.165, 1.54) is 18.5 Å². The summed E-state index contributed by atoms with van der Waals surface area (Å²) < 4.78 is 31.3. The van der Waals surface area contributed by atoms with Gasteiger partial charge in [0.2, 0.25) is 0 Å². The zero-order valence-electron chi connectivity index (χ0n) is 25.7. The van der Waals surface area contributed by atoms with E-state index in [4.69, 9.17) is 30.6 Å². The molecule has 10 heteroatoms. The summed E-state index contributed by atoms with van der Waals surface area (Å²) in [5.74, 6) is 2.91. The highest BCUT2D eigenvalue weighted by molar-refractivity contribution is 6.32. The van der Waals surface area contributed by atoms with Crippen LogP contribution >= 0.6 is 11.6 Å². The van der Waals surface area contributed by atoms with Crippen LogP contribution in [-0.4, -0.2) is 34.6 Å². The normalized spacial score (nSPS) is 11.1. The first-order chi connectivity index (χ1) is 22.4. The number of aliphatic hydroxyl groups excluding tert-OH is 1. The van der Waals surface area contributed by atoms with Crippen LogP contribution in [0.2, 0.25) is 5.02 Å². The van der Waals surface area contributed by atoms with E-state index in [1.54, 1.807) is 31.4 Å². The van der Waals surface area contributed by atoms with Gasteiger partial charge in [0.25, 0.3) is 0 Å². The van der Waals surface area contributed by atoms with Gasteiger partial charge in [-0.05, 0) is 66.9 Å². The minimum absolute atomic E-state index is 0.0849. The fraction of sp³-hybridized carbons (Fsp3) is 0.306. The molecular weight excluding hydrogens is 609 g/mol. The minimum Gasteiger partial charge on any atom is -0.496 e. The molecule has 0 aliphatic carbocycles. The summed E-state index contributed by atoms with van der Waals surface area (Å²) in [7, 11) is 1.62. The van der Waals surface area contributed by atoms with Crippen molar-refractivity contribution in [2.24, 2.45) is 0 Å². The summed E-state index contributed by atoms with van der Waals surface area (Å²) >= 11 is 6.53. The van der Waals surface area contributed by atoms with Crippen molar-refractivity contribution in [3.05, 3.63) is 95.2 Å². The van der Waals surface area contributed by atoms with Crippen LogP contribution in [0.1, 0.15) is 56.3 Å². The second-order valence-electron chi connectivity index (χ2n) is 11.1. The highest BCUT2D eigenvalue weighted by Crippen LogP contribution is 2.38. The van der Waals surface area contributed by atoms with Crippen LogP contribution in [0.4, 0.5) is 15.9 Å². The Morgan fingerprint density at radius 2 is 1.78 bits per heavy atom. The van der Waals surface area contributed by atoms with Gasteiger partial charge >= 0.3 is 0 Å². The molecule has 3 aromatic carbocycles. The molecule has 8 nitrogen and oxygen atoms in total. The Kier molecular flexibility index (Phi) is 11.6. The number of ketones is 1. The van der Waals surface area contributed by atoms with Gasteiger partial charge in [0.15, 0.2) is 5.78 Å². The molecule has 0 aliphatic heterocycles. The lowest BCUT2D eigenvalue weighted by Crippen LogP contribution is -2.02. The number of aliphatic hydroxyl groups is 1. The third-order valence-electron chi connectivity index (χ3n) is 7.67. The Labute approximate surface area is 272 Å². The number of furan rings is 1. The maximum Gasteiger partial charge on any atom is 0.158 e. The number of ether oxygens (including phenoxy) is 2. The fourth-order valence-electron chi connectivity index (χ4n) is 5.23. The third-order valence-corrected chi connectivity index (χ3v) is 7.96. The summed E-state index contributed by atoms with van der Waals surface area (Å²) in [4.78, 5) is 20.1. The Bertz CT molecular complexity index is 1780. The van der Waals surface area contributed by atoms with E-state index >= 15 is 0 Å². The largest absolute Gasteiger partial charge is 0.496 e. The third kappa shape index (κ3) is 8.83. The number of nitrogens with zero attached hydrogens (tertiary/aromatic N) is 2. The first-order valence-electron chi connectivity index (χ1n) is 15.4. The van der Waals surface area contributed by atoms with Crippen molar-refractivity contribution in [1.29, 1.82) is 0 Å². The molecule has 5 rings (SSSR count). The van der Waals surface area contributed by atoms with Crippen LogP contribution in [0.15, 0.2) is 77.5 Å². The number of aromatic nitrogens is 2. The van der Waals surface area contributed by atoms with E-state index in [2.05, 4.69) is 15.3 Å². The summed E-state index contributed by atoms with van der Waals surface area (Å²) in [6.07, 6.45) is 8.90. The van der Waals surface area contributed by atoms with Crippen LogP contribution in [0, 0.1) is 5.82 Å². The summed E-state index contributed by atoms with van der Waals surface area (Å²) in [6, 6.07) is 19.4. The number of methoxy groups -OCH3 is 1. The van der Waals surface area contributed by atoms with Gasteiger partial charge < -0.3 is 24.3 Å². The van der Waals surface area contributed by atoms with Crippen LogP contribution in [-0.2, 0) is 17.8 Å². The Morgan fingerprint density at radius 3 is 2.57 bits per heavy atom. The molecule has 2 heterocycles. The molecule has 0 bridgehead atoms. The van der Waals surface area contributed by atoms with E-state index in [-0.39, 0.29) is 24.8 Å². The number of fused-ring (bicyclic) bond motifs is 1. The maximum atomic E-state index is 13.5. The number of unbranched alkanes of at least 4 members (excludes halogenated alkanes) is 5. The minimum atomic E-state index is -0.357. The fourth-order valence-corrected chi connectivity index (χ4v) is 5.46. The van der Waals surface area contributed by atoms with Gasteiger partial charge in [-0.2, -0.15) is 0 Å². The second kappa shape index (κ2) is 16.2. The molecule has 0 saturated heterocycles. The van der Waals surface area contributed by atoms with Gasteiger partial charge in [0.05, 0.1) is 23.2 Å². The smallest absolute Gasteiger partial charge is 0.158 e. The lowest BCUT2D eigenvalue weighted by Gasteiger charge is -2.13. The molecule has 5 aromatic rings. The number of hydrogen-bond donors (Lipinski definition) is 2. The lowest BCUT2D eigenvalue weighted by atomic mass is 10.1. The van der Waals surface area contributed by atoms with Crippen LogP contribution in [0.3, 0.4) is 0 Å². The Hall–Kier alpha value is -4.47. The highest BCUT2D eigenvalue weighted by Gasteiger charge is 2.16. The number of Topliss-reactive ketones (excluding diaryl/α,β-unsaturated/α-hetero) is 1. The summed E-state index contributed by atoms with van der Waals surface area (Å²) in [6.45, 7) is -0.166. The lowest BCUT2D eigenvalue weighted by molar-refractivity contribution is -0.121. The van der Waals surface area contributed by atoms with E-state index in [0.717, 1.165) is 61.7 Å². The maximum absolute atomic E-state index is 13.5. The van der Waals surface area contributed by atoms with Crippen molar-refractivity contribution >= 4 is 39.8 Å². The summed E-state index contributed by atoms with van der Waals surface area (Å²) in [5, 5.41) is 13.3. The van der Waals surface area contributed by atoms with Gasteiger partial charge in [-0.15, -0.1) is 0 Å². The van der Waals surface area contributed by atoms with Gasteiger partial charge in [-0.1, -0.05) is 49.4 Å². The number of benzene rings is 3. The number of hydrogen-bond acceptors (Lipinski definition) is 8. The Morgan fingerprint density at radius 1 is 0.957 bits per heavy atom. The van der Waals surface area contributed by atoms with Gasteiger partial charge in [-0.3, -0.25) is 4.79 Å². The number of rotatable bonds is 17. The molecule has 0 atom stereocenters. The SMILES string of the molecule is COc1cc2ncnc(Nc3ccc(OCc4cccc(F)c4)c(Cl)c3)c2cc1-c1ccc(CCCCCCCCC(=O)CO)o1. The van der Waals surface area contributed by atoms with E-state index in [9.17, 15) is 9.18 Å². The monoisotopic (exact) mass is 645 g/mol. The number of nitrogens with one attached hydrogen (secondary N) is 1. The van der Waals surface area contributed by atoms with Gasteiger partial charge in [0, 0.05) is 30.0 Å². The number of carbonyl (C=O) groups is 1. The predicted molar refractivity (Wildman–Crippen MR) is 177 cm³/mol. The predicted octanol–water partition coefficient (Wildman–Crippen LogP) is 8.85. The van der Waals surface area contributed by atoms with Crippen molar-refractivity contribution in [2.75, 3.05) is 19.0 Å². The molecule has 0 unspecified atom stereocenters. The van der Waals surface area contributed by atoms with Crippen LogP contribution in [0.5, 0.6) is 11.5 Å². The van der Waals surface area contributed by atoms with Crippen molar-refractivity contribution in [2.45, 2.75) is 58.0 Å². The van der Waals surface area contributed by atoms with Crippen molar-refractivity contribution in [1.82, 2.24) is 9.97 Å². The molecule has 240 valence electrons. The first-order valence-corrected chi connectivity index (χ1v) is 15.8. The van der Waals surface area contributed by atoms with Crippen LogP contribution < -0.4 is 14.8 Å². The second-order valence-corrected chi connectivity index (χ2v) is 11.5. The first kappa shape index (κ1) is 32.9. The molecular formula is C36H37ClFN3O5. The van der Waals surface area contributed by atoms with E-state index in [0.29, 0.717) is 51.3 Å². The Balaban J connectivity index is 1.23. The molecule has 2 aromatic heterocycles. The number of halogens is 2. The summed E-state index contributed by atoms with van der Waals surface area (Å²) in [5.41, 5.74) is 2.90. The molecule has 0 amide bonds. The number of aryl methyl sites for hydroxylation is 1. The molecule has 2 N–H and O–H groups in total. The van der Waals surface area contributed by atoms with Crippen LogP contribution in [0.25, 0.3) is 22.2 Å². The van der Waals surface area contributed by atoms with Crippen molar-refractivity contribution < 1.29 is 28.2 Å². The highest BCUT2D eigenvalue weighted by atomic mass is 35.5. The van der Waals surface area contributed by atoms with Crippen molar-refractivity contribution in [3.63, 3.8) is 0 Å². The average Bonchev–Trinajstić information content (AvgIpc) is 3.53. The van der Waals surface area contributed by atoms with E-state index < -0.39 is 0 Å². The van der Waals surface area contributed by atoms with E-state index in [1.807, 2.05) is 30.3 Å². The standard InChI is InChI=1S/C36H37ClFN3O5/c1-44-35-20-32-29(19-30(35)33-16-14-28(46-33)12-7-5-3-2-4-6-11-27(43)21-42)36(40-23-39-32)41-26-13-15-34(31(37)18-26)45-22-24-9-8-10-25(38)17-24/h8-10,13-20,23,42H,2-7,11-12,21-22H2,1H3,(H,39,40,41). The van der Waals surface area contributed by atoms with Gasteiger partial charge in [0.1, 0.15) is 54.2 Å². The molecule has 0 fully saturated rings. The molecule has 0 saturated carbocycles. The average molecular weight is 646 g/mol. The van der Waals surface area contributed by atoms with Gasteiger partial charge in [-0.25, -0.2) is 14.4 Å². The molecule has 0 spiro atoms. The topological polar surface area (TPSA) is 107 Å². The van der Waals surface area contributed by atoms with Crippen molar-refractivity contribution in [3.8, 4) is 22.8 Å².